The zero-order chi connectivity index (χ0) is 16.3. The molecule has 0 spiro atoms. The van der Waals surface area contributed by atoms with E-state index in [0.717, 1.165) is 0 Å². The summed E-state index contributed by atoms with van der Waals surface area (Å²) in [6.45, 7) is 3.81. The number of phenols is 1. The van der Waals surface area contributed by atoms with Crippen molar-refractivity contribution >= 4 is 16.9 Å². The number of aromatic hydroxyl groups is 1. The number of ether oxygens (including phenoxy) is 2. The Hall–Kier alpha value is -2.50. The highest BCUT2D eigenvalue weighted by Gasteiger charge is 2.15. The number of aryl methyl sites for hydroxylation is 1. The first kappa shape index (κ1) is 15.9. The van der Waals surface area contributed by atoms with Gasteiger partial charge in [-0.1, -0.05) is 0 Å². The molecule has 1 N–H and O–H groups in total. The van der Waals surface area contributed by atoms with E-state index in [9.17, 15) is 14.7 Å². The van der Waals surface area contributed by atoms with Crippen LogP contribution in [0.3, 0.4) is 0 Å². The Kier molecular flexibility index (Phi) is 4.70. The number of hydrogen-bond acceptors (Lipinski definition) is 6. The summed E-state index contributed by atoms with van der Waals surface area (Å²) >= 11 is 0. The molecule has 0 amide bonds. The molecule has 0 atom stereocenters. The van der Waals surface area contributed by atoms with Gasteiger partial charge < -0.3 is 19.0 Å². The minimum absolute atomic E-state index is 0.100. The average molecular weight is 306 g/mol. The Morgan fingerprint density at radius 2 is 2.09 bits per heavy atom. The summed E-state index contributed by atoms with van der Waals surface area (Å²) in [5, 5.41) is 10.4. The van der Waals surface area contributed by atoms with E-state index in [2.05, 4.69) is 0 Å². The van der Waals surface area contributed by atoms with E-state index in [1.807, 2.05) is 0 Å². The summed E-state index contributed by atoms with van der Waals surface area (Å²) in [6.07, 6.45) is 0.353. The van der Waals surface area contributed by atoms with Gasteiger partial charge in [-0.05, 0) is 31.9 Å². The molecule has 0 radical (unpaired) electrons. The number of hydrogen-bond donors (Lipinski definition) is 1. The molecule has 1 aromatic heterocycles. The van der Waals surface area contributed by atoms with Gasteiger partial charge >= 0.3 is 11.6 Å². The van der Waals surface area contributed by atoms with Crippen LogP contribution in [0.15, 0.2) is 21.3 Å². The first-order valence-electron chi connectivity index (χ1n) is 6.96. The lowest BCUT2D eigenvalue weighted by atomic mass is 10.0. The summed E-state index contributed by atoms with van der Waals surface area (Å²) in [5.41, 5.74) is 0.890. The lowest BCUT2D eigenvalue weighted by molar-refractivity contribution is -0.143. The van der Waals surface area contributed by atoms with Crippen molar-refractivity contribution in [3.63, 3.8) is 0 Å². The smallest absolute Gasteiger partial charge is 0.339 e. The van der Waals surface area contributed by atoms with Gasteiger partial charge in [0.15, 0.2) is 11.5 Å². The van der Waals surface area contributed by atoms with Crippen LogP contribution in [-0.4, -0.2) is 24.8 Å². The second-order valence-electron chi connectivity index (χ2n) is 4.82. The molecule has 0 fully saturated rings. The zero-order valence-corrected chi connectivity index (χ0v) is 12.8. The lowest BCUT2D eigenvalue weighted by Gasteiger charge is -2.10. The molecule has 0 aliphatic carbocycles. The van der Waals surface area contributed by atoms with E-state index < -0.39 is 5.63 Å². The highest BCUT2D eigenvalue weighted by molar-refractivity contribution is 5.84. The highest BCUT2D eigenvalue weighted by atomic mass is 16.5. The fourth-order valence-electron chi connectivity index (χ4n) is 2.32. The van der Waals surface area contributed by atoms with Crippen LogP contribution in [0.4, 0.5) is 0 Å². The van der Waals surface area contributed by atoms with E-state index in [0.29, 0.717) is 28.9 Å². The van der Waals surface area contributed by atoms with Gasteiger partial charge in [-0.2, -0.15) is 0 Å². The van der Waals surface area contributed by atoms with Crippen molar-refractivity contribution in [2.45, 2.75) is 26.7 Å². The summed E-state index contributed by atoms with van der Waals surface area (Å²) in [7, 11) is 1.44. The Bertz CT molecular complexity index is 759. The molecule has 0 saturated heterocycles. The molecule has 6 heteroatoms. The van der Waals surface area contributed by atoms with Crippen molar-refractivity contribution in [2.75, 3.05) is 13.7 Å². The molecule has 1 heterocycles. The topological polar surface area (TPSA) is 86.0 Å². The van der Waals surface area contributed by atoms with Crippen LogP contribution >= 0.6 is 0 Å². The largest absolute Gasteiger partial charge is 0.504 e. The number of methoxy groups -OCH3 is 1. The van der Waals surface area contributed by atoms with Crippen molar-refractivity contribution in [1.82, 2.24) is 0 Å². The molecule has 0 bridgehead atoms. The molecule has 0 aliphatic heterocycles. The number of carbonyl (C=O) groups is 1. The number of fused-ring (bicyclic) bond motifs is 1. The minimum Gasteiger partial charge on any atom is -0.504 e. The van der Waals surface area contributed by atoms with Gasteiger partial charge in [-0.15, -0.1) is 0 Å². The van der Waals surface area contributed by atoms with Gasteiger partial charge in [0, 0.05) is 23.4 Å². The predicted octanol–water partition coefficient (Wildman–Crippen LogP) is 2.31. The second kappa shape index (κ2) is 6.51. The maximum atomic E-state index is 12.1. The average Bonchev–Trinajstić information content (AvgIpc) is 2.46. The first-order valence-corrected chi connectivity index (χ1v) is 6.96. The highest BCUT2D eigenvalue weighted by Crippen LogP contribution is 2.32. The van der Waals surface area contributed by atoms with Crippen molar-refractivity contribution in [1.29, 1.82) is 0 Å². The molecule has 2 rings (SSSR count). The van der Waals surface area contributed by atoms with E-state index in [4.69, 9.17) is 13.9 Å². The molecule has 6 nitrogen and oxygen atoms in total. The Labute approximate surface area is 127 Å². The van der Waals surface area contributed by atoms with Crippen LogP contribution in [0.5, 0.6) is 11.5 Å². The summed E-state index contributed by atoms with van der Waals surface area (Å²) in [6, 6.07) is 2.95. The lowest BCUT2D eigenvalue weighted by Crippen LogP contribution is -2.13. The molecular weight excluding hydrogens is 288 g/mol. The number of carbonyl (C=O) groups excluding carboxylic acids is 1. The van der Waals surface area contributed by atoms with Crippen molar-refractivity contribution in [2.24, 2.45) is 0 Å². The molecule has 0 aliphatic rings. The fraction of sp³-hybridized carbons (Fsp3) is 0.375. The van der Waals surface area contributed by atoms with Gasteiger partial charge in [-0.25, -0.2) is 4.79 Å². The summed E-state index contributed by atoms with van der Waals surface area (Å²) < 4.78 is 15.1. The van der Waals surface area contributed by atoms with E-state index in [1.54, 1.807) is 19.9 Å². The molecule has 22 heavy (non-hydrogen) atoms. The fourth-order valence-corrected chi connectivity index (χ4v) is 2.32. The van der Waals surface area contributed by atoms with Gasteiger partial charge in [0.2, 0.25) is 0 Å². The Morgan fingerprint density at radius 3 is 2.73 bits per heavy atom. The van der Waals surface area contributed by atoms with Gasteiger partial charge in [0.05, 0.1) is 13.7 Å². The van der Waals surface area contributed by atoms with Crippen molar-refractivity contribution < 1.29 is 23.8 Å². The van der Waals surface area contributed by atoms with Crippen LogP contribution in [-0.2, 0) is 16.0 Å². The maximum absolute atomic E-state index is 12.1. The normalized spacial score (nSPS) is 10.7. The van der Waals surface area contributed by atoms with E-state index in [-0.39, 0.29) is 30.1 Å². The monoisotopic (exact) mass is 306 g/mol. The zero-order valence-electron chi connectivity index (χ0n) is 12.8. The van der Waals surface area contributed by atoms with Crippen molar-refractivity contribution in [3.05, 3.63) is 33.7 Å². The Balaban J connectivity index is 2.45. The maximum Gasteiger partial charge on any atom is 0.339 e. The number of phenolic OH excluding ortho intramolecular Hbond substituents is 1. The number of benzene rings is 1. The summed E-state index contributed by atoms with van der Waals surface area (Å²) in [4.78, 5) is 23.5. The van der Waals surface area contributed by atoms with Gasteiger partial charge in [0.1, 0.15) is 5.58 Å². The van der Waals surface area contributed by atoms with Gasteiger partial charge in [0.25, 0.3) is 0 Å². The van der Waals surface area contributed by atoms with Crippen LogP contribution < -0.4 is 10.4 Å². The molecule has 0 unspecified atom stereocenters. The molecule has 0 saturated carbocycles. The van der Waals surface area contributed by atoms with E-state index >= 15 is 0 Å². The number of esters is 1. The molecule has 1 aromatic carbocycles. The SMILES string of the molecule is CCOC(=O)CCc1c(C)c2cc(OC)c(O)cc2oc1=O. The predicted molar refractivity (Wildman–Crippen MR) is 80.4 cm³/mol. The third-order valence-electron chi connectivity index (χ3n) is 3.47. The Morgan fingerprint density at radius 1 is 1.36 bits per heavy atom. The van der Waals surface area contributed by atoms with Crippen LogP contribution in [0.1, 0.15) is 24.5 Å². The third kappa shape index (κ3) is 3.05. The molecule has 118 valence electrons. The molecular formula is C16H18O6. The van der Waals surface area contributed by atoms with Gasteiger partial charge in [-0.3, -0.25) is 4.79 Å². The van der Waals surface area contributed by atoms with E-state index in [1.165, 1.54) is 13.2 Å². The second-order valence-corrected chi connectivity index (χ2v) is 4.82. The minimum atomic E-state index is -0.515. The van der Waals surface area contributed by atoms with Crippen LogP contribution in [0.2, 0.25) is 0 Å². The van der Waals surface area contributed by atoms with Crippen LogP contribution in [0.25, 0.3) is 11.0 Å². The summed E-state index contributed by atoms with van der Waals surface area (Å²) in [5.74, 6) is -0.165. The number of rotatable bonds is 5. The standard InChI is InChI=1S/C16H18O6/c1-4-21-15(18)6-5-10-9(2)11-7-14(20-3)12(17)8-13(11)22-16(10)19/h7-8,17H,4-6H2,1-3H3. The van der Waals surface area contributed by atoms with Crippen LogP contribution in [0, 0.1) is 6.92 Å². The quantitative estimate of drug-likeness (QED) is 0.674. The third-order valence-corrected chi connectivity index (χ3v) is 3.47. The molecule has 2 aromatic rings. The van der Waals surface area contributed by atoms with Crippen molar-refractivity contribution in [3.8, 4) is 11.5 Å². The first-order chi connectivity index (χ1) is 10.5.